The lowest BCUT2D eigenvalue weighted by Gasteiger charge is -2.26. The van der Waals surface area contributed by atoms with E-state index < -0.39 is 0 Å². The van der Waals surface area contributed by atoms with Crippen molar-refractivity contribution in [2.75, 3.05) is 23.8 Å². The van der Waals surface area contributed by atoms with Crippen LogP contribution >= 0.6 is 11.3 Å². The average molecular weight is 453 g/mol. The molecule has 1 aliphatic rings. The monoisotopic (exact) mass is 452 g/mol. The molecular weight excluding hydrogens is 424 g/mol. The number of carbonyl (C=O) groups is 3. The van der Waals surface area contributed by atoms with Crippen molar-refractivity contribution in [1.29, 1.82) is 0 Å². The van der Waals surface area contributed by atoms with Gasteiger partial charge in [-0.2, -0.15) is 0 Å². The number of thiophene rings is 1. The maximum Gasteiger partial charge on any atom is 0.266 e. The van der Waals surface area contributed by atoms with Gasteiger partial charge in [-0.15, -0.1) is 11.3 Å². The third-order valence-corrected chi connectivity index (χ3v) is 6.87. The summed E-state index contributed by atoms with van der Waals surface area (Å²) in [5.41, 5.74) is 1.83. The molecule has 2 aromatic heterocycles. The molecule has 0 bridgehead atoms. The van der Waals surface area contributed by atoms with Crippen LogP contribution in [0, 0.1) is 5.92 Å². The number of H-pyrrole nitrogens is 1. The molecule has 0 saturated heterocycles. The van der Waals surface area contributed by atoms with Gasteiger partial charge in [0.25, 0.3) is 11.8 Å². The van der Waals surface area contributed by atoms with Crippen molar-refractivity contribution in [1.82, 2.24) is 10.3 Å². The quantitative estimate of drug-likeness (QED) is 0.503. The Balaban J connectivity index is 1.67. The highest BCUT2D eigenvalue weighted by Crippen LogP contribution is 2.32. The van der Waals surface area contributed by atoms with Crippen LogP contribution in [-0.4, -0.2) is 36.3 Å². The van der Waals surface area contributed by atoms with Crippen LogP contribution in [0.3, 0.4) is 0 Å². The van der Waals surface area contributed by atoms with E-state index >= 15 is 0 Å². The van der Waals surface area contributed by atoms with Gasteiger partial charge < -0.3 is 20.5 Å². The van der Waals surface area contributed by atoms with E-state index in [0.717, 1.165) is 31.4 Å². The molecule has 0 unspecified atom stereocenters. The van der Waals surface area contributed by atoms with Crippen LogP contribution in [0.15, 0.2) is 35.7 Å². The van der Waals surface area contributed by atoms with Crippen molar-refractivity contribution in [3.05, 3.63) is 46.2 Å². The Morgan fingerprint density at radius 2 is 1.91 bits per heavy atom. The third-order valence-electron chi connectivity index (χ3n) is 6.00. The van der Waals surface area contributed by atoms with E-state index in [4.69, 9.17) is 0 Å². The summed E-state index contributed by atoms with van der Waals surface area (Å²) in [4.78, 5) is 43.8. The van der Waals surface area contributed by atoms with Gasteiger partial charge in [0.05, 0.1) is 10.4 Å². The number of aromatic amines is 1. The van der Waals surface area contributed by atoms with Crippen molar-refractivity contribution < 1.29 is 14.4 Å². The smallest absolute Gasteiger partial charge is 0.266 e. The molecule has 168 valence electrons. The molecule has 8 heteroatoms. The van der Waals surface area contributed by atoms with E-state index in [2.05, 4.69) is 15.6 Å². The minimum absolute atomic E-state index is 0.0691. The number of benzene rings is 1. The zero-order valence-electron chi connectivity index (χ0n) is 18.4. The fourth-order valence-corrected chi connectivity index (χ4v) is 4.93. The second-order valence-corrected chi connectivity index (χ2v) is 9.08. The molecule has 7 nitrogen and oxygen atoms in total. The number of amides is 3. The minimum Gasteiger partial charge on any atom is -0.352 e. The molecule has 1 aromatic carbocycles. The number of nitrogens with zero attached hydrogens (tertiary/aromatic N) is 1. The zero-order chi connectivity index (χ0) is 22.7. The van der Waals surface area contributed by atoms with E-state index in [1.54, 1.807) is 24.1 Å². The molecule has 0 atom stereocenters. The number of carbonyl (C=O) groups excluding carboxylic acids is 3. The van der Waals surface area contributed by atoms with Gasteiger partial charge in [-0.25, -0.2) is 0 Å². The molecule has 1 aliphatic carbocycles. The molecule has 0 spiro atoms. The van der Waals surface area contributed by atoms with Crippen LogP contribution in [0.4, 0.5) is 11.5 Å². The van der Waals surface area contributed by atoms with Crippen LogP contribution in [-0.2, 0) is 4.79 Å². The van der Waals surface area contributed by atoms with Crippen molar-refractivity contribution in [3.63, 3.8) is 0 Å². The topological polar surface area (TPSA) is 94.3 Å². The Morgan fingerprint density at radius 1 is 1.12 bits per heavy atom. The van der Waals surface area contributed by atoms with Crippen molar-refractivity contribution in [3.8, 4) is 0 Å². The summed E-state index contributed by atoms with van der Waals surface area (Å²) >= 11 is 1.33. The van der Waals surface area contributed by atoms with E-state index in [-0.39, 0.29) is 23.6 Å². The summed E-state index contributed by atoms with van der Waals surface area (Å²) in [5, 5.41) is 8.18. The number of nitrogens with one attached hydrogen (secondary N) is 3. The summed E-state index contributed by atoms with van der Waals surface area (Å²) < 4.78 is 0. The van der Waals surface area contributed by atoms with E-state index in [9.17, 15) is 14.4 Å². The Morgan fingerprint density at radius 3 is 2.59 bits per heavy atom. The second kappa shape index (κ2) is 9.56. The lowest BCUT2D eigenvalue weighted by molar-refractivity contribution is -0.123. The van der Waals surface area contributed by atoms with Gasteiger partial charge >= 0.3 is 0 Å². The van der Waals surface area contributed by atoms with Gasteiger partial charge in [0.1, 0.15) is 5.82 Å². The zero-order valence-corrected chi connectivity index (χ0v) is 19.2. The minimum atomic E-state index is -0.276. The molecule has 3 amide bonds. The van der Waals surface area contributed by atoms with E-state index in [1.807, 2.05) is 30.5 Å². The van der Waals surface area contributed by atoms with E-state index in [1.165, 1.54) is 17.8 Å². The number of rotatable bonds is 6. The fourth-order valence-electron chi connectivity index (χ4n) is 4.31. The van der Waals surface area contributed by atoms with Crippen molar-refractivity contribution >= 4 is 51.5 Å². The SMILES string of the molecule is CCNC(=O)c1c(NC(=O)c2cccs2)[nH]c2cc(N(C)C(=O)C3CCCCC3)ccc12. The number of hydrogen-bond donors (Lipinski definition) is 3. The van der Waals surface area contributed by atoms with Gasteiger partial charge in [0.2, 0.25) is 5.91 Å². The lowest BCUT2D eigenvalue weighted by Crippen LogP contribution is -2.33. The molecule has 32 heavy (non-hydrogen) atoms. The summed E-state index contributed by atoms with van der Waals surface area (Å²) in [6.07, 6.45) is 5.28. The summed E-state index contributed by atoms with van der Waals surface area (Å²) in [5.74, 6) is 0.00898. The Bertz CT molecular complexity index is 1130. The van der Waals surface area contributed by atoms with Gasteiger partial charge in [-0.3, -0.25) is 14.4 Å². The summed E-state index contributed by atoms with van der Waals surface area (Å²) in [7, 11) is 1.80. The number of aromatic nitrogens is 1. The van der Waals surface area contributed by atoms with E-state index in [0.29, 0.717) is 33.7 Å². The average Bonchev–Trinajstić information content (AvgIpc) is 3.46. The first-order valence-corrected chi connectivity index (χ1v) is 11.9. The largest absolute Gasteiger partial charge is 0.352 e. The molecule has 0 aliphatic heterocycles. The van der Waals surface area contributed by atoms with Crippen LogP contribution < -0.4 is 15.5 Å². The Hall–Kier alpha value is -3.13. The molecule has 0 radical (unpaired) electrons. The molecule has 4 rings (SSSR count). The standard InChI is InChI=1S/C24H28N4O3S/c1-3-25-23(30)20-17-12-11-16(28(2)24(31)15-8-5-4-6-9-15)14-18(17)26-21(20)27-22(29)19-10-7-13-32-19/h7,10-15,26H,3-6,8-9H2,1-2H3,(H,25,30)(H,27,29). The Labute approximate surface area is 191 Å². The Kier molecular flexibility index (Phi) is 6.60. The number of fused-ring (bicyclic) bond motifs is 1. The van der Waals surface area contributed by atoms with Crippen LogP contribution in [0.5, 0.6) is 0 Å². The number of hydrogen-bond acceptors (Lipinski definition) is 4. The van der Waals surface area contributed by atoms with Gasteiger partial charge in [-0.05, 0) is 49.4 Å². The van der Waals surface area contributed by atoms with Gasteiger partial charge in [0, 0.05) is 36.1 Å². The third kappa shape index (κ3) is 4.41. The first-order valence-electron chi connectivity index (χ1n) is 11.1. The van der Waals surface area contributed by atoms with Crippen LogP contribution in [0.2, 0.25) is 0 Å². The molecule has 3 aromatic rings. The van der Waals surface area contributed by atoms with Crippen molar-refractivity contribution in [2.24, 2.45) is 5.92 Å². The molecular formula is C24H28N4O3S. The van der Waals surface area contributed by atoms with Crippen LogP contribution in [0.25, 0.3) is 10.9 Å². The molecule has 1 fully saturated rings. The highest BCUT2D eigenvalue weighted by Gasteiger charge is 2.26. The lowest BCUT2D eigenvalue weighted by atomic mass is 9.88. The maximum atomic E-state index is 13.0. The predicted molar refractivity (Wildman–Crippen MR) is 129 cm³/mol. The highest BCUT2D eigenvalue weighted by molar-refractivity contribution is 7.12. The van der Waals surface area contributed by atoms with Crippen molar-refractivity contribution in [2.45, 2.75) is 39.0 Å². The summed E-state index contributed by atoms with van der Waals surface area (Å²) in [6, 6.07) is 9.08. The highest BCUT2D eigenvalue weighted by atomic mass is 32.1. The predicted octanol–water partition coefficient (Wildman–Crippen LogP) is 4.77. The van der Waals surface area contributed by atoms with Gasteiger partial charge in [0.15, 0.2) is 0 Å². The molecule has 1 saturated carbocycles. The molecule has 2 heterocycles. The summed E-state index contributed by atoms with van der Waals surface area (Å²) in [6.45, 7) is 2.32. The first kappa shape index (κ1) is 22.1. The molecule has 3 N–H and O–H groups in total. The second-order valence-electron chi connectivity index (χ2n) is 8.13. The van der Waals surface area contributed by atoms with Gasteiger partial charge in [-0.1, -0.05) is 25.3 Å². The number of anilines is 2. The first-order chi connectivity index (χ1) is 15.5. The van der Waals surface area contributed by atoms with Crippen LogP contribution in [0.1, 0.15) is 59.1 Å². The normalized spacial score (nSPS) is 14.3. The maximum absolute atomic E-state index is 13.0. The fraction of sp³-hybridized carbons (Fsp3) is 0.375.